The molecular formula is C13H19N2P. The van der Waals surface area contributed by atoms with E-state index < -0.39 is 0 Å². The van der Waals surface area contributed by atoms with Gasteiger partial charge in [-0.15, -0.1) is 0 Å². The van der Waals surface area contributed by atoms with Gasteiger partial charge in [-0.05, 0) is 30.8 Å². The van der Waals surface area contributed by atoms with Crippen molar-refractivity contribution in [3.05, 3.63) is 33.7 Å². The molecule has 1 aliphatic rings. The van der Waals surface area contributed by atoms with E-state index in [9.17, 15) is 0 Å². The van der Waals surface area contributed by atoms with E-state index in [4.69, 9.17) is 5.73 Å². The Morgan fingerprint density at radius 3 is 3.00 bits per heavy atom. The molecule has 2 unspecified atom stereocenters. The molecule has 0 radical (unpaired) electrons. The molecular weight excluding hydrogens is 215 g/mol. The third-order valence-electron chi connectivity index (χ3n) is 2.85. The zero-order chi connectivity index (χ0) is 11.5. The summed E-state index contributed by atoms with van der Waals surface area (Å²) in [4.78, 5) is 3.47. The van der Waals surface area contributed by atoms with Crippen LogP contribution in [0.3, 0.4) is 0 Å². The van der Waals surface area contributed by atoms with Gasteiger partial charge in [-0.3, -0.25) is 0 Å². The van der Waals surface area contributed by atoms with Crippen molar-refractivity contribution in [1.29, 1.82) is 0 Å². The van der Waals surface area contributed by atoms with E-state index in [0.717, 1.165) is 21.4 Å². The number of allylic oxidation sites excluding steroid dienone is 1. The monoisotopic (exact) mass is 234 g/mol. The average molecular weight is 234 g/mol. The van der Waals surface area contributed by atoms with Gasteiger partial charge in [0.25, 0.3) is 0 Å². The van der Waals surface area contributed by atoms with Gasteiger partial charge >= 0.3 is 0 Å². The zero-order valence-electron chi connectivity index (χ0n) is 9.88. The summed E-state index contributed by atoms with van der Waals surface area (Å²) in [5, 5.41) is 2.59. The predicted molar refractivity (Wildman–Crippen MR) is 73.0 cm³/mol. The summed E-state index contributed by atoms with van der Waals surface area (Å²) in [6.45, 7) is 4.26. The van der Waals surface area contributed by atoms with Crippen molar-refractivity contribution in [3.8, 4) is 0 Å². The van der Waals surface area contributed by atoms with E-state index in [2.05, 4.69) is 35.7 Å². The molecule has 2 atom stereocenters. The Labute approximate surface area is 98.1 Å². The summed E-state index contributed by atoms with van der Waals surface area (Å²) in [6, 6.07) is 0.0857. The van der Waals surface area contributed by atoms with E-state index in [1.54, 1.807) is 0 Å². The van der Waals surface area contributed by atoms with Crippen LogP contribution in [0.2, 0.25) is 0 Å². The molecule has 1 aliphatic heterocycles. The molecule has 86 valence electrons. The lowest BCUT2D eigenvalue weighted by Crippen LogP contribution is -2.23. The van der Waals surface area contributed by atoms with E-state index >= 15 is 0 Å². The van der Waals surface area contributed by atoms with Crippen molar-refractivity contribution >= 4 is 20.5 Å². The fourth-order valence-electron chi connectivity index (χ4n) is 2.13. The topological polar surface area (TPSA) is 41.8 Å². The Bertz CT molecular complexity index is 509. The van der Waals surface area contributed by atoms with Gasteiger partial charge in [0.05, 0.1) is 0 Å². The van der Waals surface area contributed by atoms with Crippen molar-refractivity contribution in [2.75, 3.05) is 0 Å². The molecule has 0 bridgehead atoms. The molecule has 2 heterocycles. The molecule has 0 saturated carbocycles. The number of rotatable bonds is 3. The second-order valence-electron chi connectivity index (χ2n) is 4.22. The van der Waals surface area contributed by atoms with Crippen LogP contribution in [0.5, 0.6) is 0 Å². The van der Waals surface area contributed by atoms with Crippen molar-refractivity contribution in [1.82, 2.24) is 4.98 Å². The lowest BCUT2D eigenvalue weighted by molar-refractivity contribution is 0.762. The summed E-state index contributed by atoms with van der Waals surface area (Å²) in [6.07, 6.45) is 6.54. The molecule has 0 spiro atoms. The minimum atomic E-state index is 0.0857. The van der Waals surface area contributed by atoms with Crippen molar-refractivity contribution < 1.29 is 0 Å². The molecule has 3 heteroatoms. The molecule has 1 aromatic heterocycles. The minimum Gasteiger partial charge on any atom is -0.357 e. The van der Waals surface area contributed by atoms with Gasteiger partial charge in [-0.25, -0.2) is 0 Å². The molecule has 0 fully saturated rings. The van der Waals surface area contributed by atoms with E-state index in [0.29, 0.717) is 0 Å². The number of H-pyrrole nitrogens is 1. The highest BCUT2D eigenvalue weighted by Gasteiger charge is 2.11. The predicted octanol–water partition coefficient (Wildman–Crippen LogP) is 1.71. The van der Waals surface area contributed by atoms with Gasteiger partial charge in [-0.2, -0.15) is 0 Å². The minimum absolute atomic E-state index is 0.0857. The van der Waals surface area contributed by atoms with Crippen LogP contribution in [0.25, 0.3) is 11.9 Å². The Morgan fingerprint density at radius 2 is 2.31 bits per heavy atom. The van der Waals surface area contributed by atoms with E-state index in [1.807, 2.05) is 6.92 Å². The summed E-state index contributed by atoms with van der Waals surface area (Å²) in [7, 11) is 0.772. The summed E-state index contributed by atoms with van der Waals surface area (Å²) < 4.78 is 0. The molecule has 0 amide bonds. The molecule has 0 aliphatic carbocycles. The summed E-state index contributed by atoms with van der Waals surface area (Å²) in [5.74, 6) is 4.53. The van der Waals surface area contributed by atoms with Crippen molar-refractivity contribution in [2.24, 2.45) is 5.73 Å². The third-order valence-corrected chi connectivity index (χ3v) is 3.69. The van der Waals surface area contributed by atoms with Crippen LogP contribution in [0.4, 0.5) is 0 Å². The van der Waals surface area contributed by atoms with Crippen LogP contribution in [0.1, 0.15) is 37.6 Å². The standard InChI is InChI=1S/C13H19N2P/c1-3-5-10-11-8-16-7-4-6-12(11)15-13(10)9(2)14/h4,6-9,15-16H,3,5,14H2,1-2H3. The molecule has 3 N–H and O–H groups in total. The van der Waals surface area contributed by atoms with Gasteiger partial charge in [0.1, 0.15) is 0 Å². The second kappa shape index (κ2) is 4.99. The molecule has 2 nitrogen and oxygen atoms in total. The maximum atomic E-state index is 6.02. The zero-order valence-corrected chi connectivity index (χ0v) is 10.9. The van der Waals surface area contributed by atoms with Crippen molar-refractivity contribution in [2.45, 2.75) is 32.7 Å². The Morgan fingerprint density at radius 1 is 1.50 bits per heavy atom. The average Bonchev–Trinajstić information content (AvgIpc) is 2.46. The fourth-order valence-corrected chi connectivity index (χ4v) is 2.93. The lowest BCUT2D eigenvalue weighted by atomic mass is 10.1. The quantitative estimate of drug-likeness (QED) is 0.768. The maximum Gasteiger partial charge on any atom is 0.0459 e. The molecule has 0 saturated heterocycles. The summed E-state index contributed by atoms with van der Waals surface area (Å²) >= 11 is 0. The number of nitrogens with one attached hydrogen (secondary N) is 1. The first-order chi connectivity index (χ1) is 7.74. The SMILES string of the molecule is CCCc1c(C(C)N)[nH]c2c1=CPC=CC=2. The second-order valence-corrected chi connectivity index (χ2v) is 5.18. The molecule has 1 aromatic rings. The Balaban J connectivity index is 2.66. The van der Waals surface area contributed by atoms with Crippen LogP contribution in [0, 0.1) is 0 Å². The van der Waals surface area contributed by atoms with Gasteiger partial charge in [0, 0.05) is 22.3 Å². The van der Waals surface area contributed by atoms with Crippen LogP contribution in [-0.4, -0.2) is 4.98 Å². The van der Waals surface area contributed by atoms with E-state index in [1.165, 1.54) is 21.8 Å². The highest BCUT2D eigenvalue weighted by Crippen LogP contribution is 2.17. The number of aromatic nitrogens is 1. The largest absolute Gasteiger partial charge is 0.357 e. The number of aromatic amines is 1. The van der Waals surface area contributed by atoms with Crippen molar-refractivity contribution in [3.63, 3.8) is 0 Å². The fraction of sp³-hybridized carbons (Fsp3) is 0.385. The Kier molecular flexibility index (Phi) is 3.63. The lowest BCUT2D eigenvalue weighted by Gasteiger charge is -2.06. The normalized spacial score (nSPS) is 17.4. The van der Waals surface area contributed by atoms with Crippen LogP contribution >= 0.6 is 8.58 Å². The number of nitrogens with two attached hydrogens (primary N) is 1. The molecule has 2 rings (SSSR count). The van der Waals surface area contributed by atoms with Gasteiger partial charge in [-0.1, -0.05) is 33.8 Å². The molecule has 16 heavy (non-hydrogen) atoms. The maximum absolute atomic E-state index is 6.02. The highest BCUT2D eigenvalue weighted by atomic mass is 31.1. The van der Waals surface area contributed by atoms with Gasteiger partial charge in [0.2, 0.25) is 0 Å². The first kappa shape index (κ1) is 11.6. The first-order valence-corrected chi connectivity index (χ1v) is 6.99. The number of fused-ring (bicyclic) bond motifs is 1. The van der Waals surface area contributed by atoms with Crippen LogP contribution < -0.4 is 16.3 Å². The first-order valence-electron chi connectivity index (χ1n) is 5.83. The smallest absolute Gasteiger partial charge is 0.0459 e. The highest BCUT2D eigenvalue weighted by molar-refractivity contribution is 7.51. The molecule has 0 aromatic carbocycles. The van der Waals surface area contributed by atoms with Gasteiger partial charge < -0.3 is 10.7 Å². The van der Waals surface area contributed by atoms with Crippen LogP contribution in [-0.2, 0) is 6.42 Å². The van der Waals surface area contributed by atoms with Crippen LogP contribution in [0.15, 0.2) is 11.9 Å². The summed E-state index contributed by atoms with van der Waals surface area (Å²) in [5.41, 5.74) is 8.65. The third kappa shape index (κ3) is 2.14. The van der Waals surface area contributed by atoms with Gasteiger partial charge in [0.15, 0.2) is 0 Å². The number of hydrogen-bond donors (Lipinski definition) is 2. The number of hydrogen-bond acceptors (Lipinski definition) is 1. The van der Waals surface area contributed by atoms with E-state index in [-0.39, 0.29) is 6.04 Å². The Hall–Kier alpha value is -0.850.